The summed E-state index contributed by atoms with van der Waals surface area (Å²) in [5.74, 6) is -0.153. The number of likely N-dealkylation sites (N-methyl/N-ethyl adjacent to an activating group) is 1. The summed E-state index contributed by atoms with van der Waals surface area (Å²) in [5.41, 5.74) is 0. The predicted molar refractivity (Wildman–Crippen MR) is 376 cm³/mol. The van der Waals surface area contributed by atoms with Gasteiger partial charge in [-0.25, -0.2) is 0 Å². The van der Waals surface area contributed by atoms with Gasteiger partial charge >= 0.3 is 0 Å². The number of nitrogens with one attached hydrogen (secondary N) is 1. The zero-order chi connectivity index (χ0) is 62.6. The van der Waals surface area contributed by atoms with Gasteiger partial charge in [-0.05, 0) is 38.5 Å². The van der Waals surface area contributed by atoms with Gasteiger partial charge in [-0.3, -0.25) is 9.36 Å². The summed E-state index contributed by atoms with van der Waals surface area (Å²) in [4.78, 5) is 25.7. The van der Waals surface area contributed by atoms with Gasteiger partial charge < -0.3 is 28.8 Å². The van der Waals surface area contributed by atoms with Crippen LogP contribution in [0.25, 0.3) is 0 Å². The fourth-order valence-electron chi connectivity index (χ4n) is 12.5. The Hall–Kier alpha value is -0.760. The second kappa shape index (κ2) is 68.6. The molecule has 0 spiro atoms. The highest BCUT2D eigenvalue weighted by Gasteiger charge is 2.24. The highest BCUT2D eigenvalue weighted by Crippen LogP contribution is 2.38. The van der Waals surface area contributed by atoms with Crippen molar-refractivity contribution in [3.05, 3.63) is 12.2 Å². The molecule has 0 bridgehead atoms. The average Bonchev–Trinajstić information content (AvgIpc) is 3.70. The molecule has 0 saturated heterocycles. The van der Waals surface area contributed by atoms with E-state index in [1.54, 1.807) is 0 Å². The lowest BCUT2D eigenvalue weighted by atomic mass is 10.0. The largest absolute Gasteiger partial charge is 0.756 e. The van der Waals surface area contributed by atoms with E-state index in [4.69, 9.17) is 9.05 Å². The maximum Gasteiger partial charge on any atom is 0.268 e. The molecule has 3 unspecified atom stereocenters. The molecule has 0 aliphatic rings. The van der Waals surface area contributed by atoms with E-state index in [1.165, 1.54) is 360 Å². The van der Waals surface area contributed by atoms with Gasteiger partial charge in [0.05, 0.1) is 39.9 Å². The van der Waals surface area contributed by atoms with Crippen molar-refractivity contribution in [3.8, 4) is 0 Å². The monoisotopic (exact) mass is 1240 g/mol. The van der Waals surface area contributed by atoms with Crippen molar-refractivity contribution in [2.24, 2.45) is 0 Å². The normalized spacial score (nSPS) is 13.5. The molecule has 8 nitrogen and oxygen atoms in total. The number of amides is 1. The number of phosphoric acid groups is 1. The summed E-state index contributed by atoms with van der Waals surface area (Å²) in [6.45, 7) is 4.80. The quantitative estimate of drug-likeness (QED) is 0.0272. The van der Waals surface area contributed by atoms with Gasteiger partial charge in [-0.2, -0.15) is 0 Å². The third-order valence-corrected chi connectivity index (χ3v) is 19.5. The summed E-state index contributed by atoms with van der Waals surface area (Å²) in [5, 5.41) is 14.1. The Morgan fingerprint density at radius 1 is 0.395 bits per heavy atom. The first-order valence-corrected chi connectivity index (χ1v) is 40.5. The van der Waals surface area contributed by atoms with Crippen LogP contribution < -0.4 is 10.2 Å². The minimum atomic E-state index is -4.58. The van der Waals surface area contributed by atoms with Crippen LogP contribution in [0.15, 0.2) is 12.2 Å². The summed E-state index contributed by atoms with van der Waals surface area (Å²) in [7, 11) is 1.33. The summed E-state index contributed by atoms with van der Waals surface area (Å²) in [6, 6.07) is -0.799. The highest BCUT2D eigenvalue weighted by atomic mass is 31.2. The van der Waals surface area contributed by atoms with Crippen molar-refractivity contribution >= 4 is 13.7 Å². The Kier molecular flexibility index (Phi) is 68.0. The van der Waals surface area contributed by atoms with Crippen LogP contribution in [0.2, 0.25) is 0 Å². The SMILES string of the molecule is CCCCCCCCCC/C=C\CCCCCCCCCCCCCCCCCCCCCCCCCC(=O)NC(COP(=O)([O-])OCC[N+](C)(C)C)C(O)CCCCCCCCCCCCCCCCCCCCCCCCCCCCCCC. The molecular formula is C77H155N2O6P. The molecule has 1 amide bonds. The van der Waals surface area contributed by atoms with Crippen LogP contribution in [-0.2, 0) is 18.4 Å². The van der Waals surface area contributed by atoms with Gasteiger partial charge in [0, 0.05) is 6.42 Å². The van der Waals surface area contributed by atoms with Gasteiger partial charge in [-0.15, -0.1) is 0 Å². The third-order valence-electron chi connectivity index (χ3n) is 18.5. The van der Waals surface area contributed by atoms with E-state index >= 15 is 0 Å². The Bertz CT molecular complexity index is 1410. The molecule has 0 saturated carbocycles. The van der Waals surface area contributed by atoms with Crippen molar-refractivity contribution < 1.29 is 32.9 Å². The number of carbonyl (C=O) groups is 1. The van der Waals surface area contributed by atoms with E-state index < -0.39 is 20.0 Å². The van der Waals surface area contributed by atoms with Crippen LogP contribution in [-0.4, -0.2) is 68.5 Å². The van der Waals surface area contributed by atoms with Crippen molar-refractivity contribution in [1.29, 1.82) is 0 Å². The number of allylic oxidation sites excluding steroid dienone is 2. The third kappa shape index (κ3) is 70.7. The minimum Gasteiger partial charge on any atom is -0.756 e. The number of carbonyl (C=O) groups excluding carboxylic acids is 1. The predicted octanol–water partition coefficient (Wildman–Crippen LogP) is 24.6. The Balaban J connectivity index is 3.92. The molecule has 0 aromatic carbocycles. The number of hydrogen-bond donors (Lipinski definition) is 2. The fourth-order valence-corrected chi connectivity index (χ4v) is 13.2. The van der Waals surface area contributed by atoms with E-state index in [9.17, 15) is 19.4 Å². The Morgan fingerprint density at radius 2 is 0.640 bits per heavy atom. The number of rotatable bonds is 74. The molecule has 0 aliphatic heterocycles. The first-order chi connectivity index (χ1) is 42.0. The van der Waals surface area contributed by atoms with E-state index in [-0.39, 0.29) is 19.1 Å². The number of unbranched alkanes of at least 4 members (excludes halogenated alkanes) is 59. The summed E-state index contributed by atoms with van der Waals surface area (Å²) in [6.07, 6.45) is 89.0. The molecule has 0 radical (unpaired) electrons. The van der Waals surface area contributed by atoms with Gasteiger partial charge in [0.2, 0.25) is 5.91 Å². The second-order valence-electron chi connectivity index (χ2n) is 28.4. The van der Waals surface area contributed by atoms with E-state index in [0.29, 0.717) is 23.9 Å². The first-order valence-electron chi connectivity index (χ1n) is 39.0. The van der Waals surface area contributed by atoms with Crippen LogP contribution in [0.1, 0.15) is 425 Å². The molecule has 0 rings (SSSR count). The second-order valence-corrected chi connectivity index (χ2v) is 29.8. The van der Waals surface area contributed by atoms with Crippen LogP contribution in [0.4, 0.5) is 0 Å². The number of aliphatic hydroxyl groups excluding tert-OH is 1. The van der Waals surface area contributed by atoms with E-state index in [2.05, 4.69) is 31.3 Å². The molecular weight excluding hydrogens is 1080 g/mol. The average molecular weight is 1240 g/mol. The molecule has 0 heterocycles. The van der Waals surface area contributed by atoms with E-state index in [0.717, 1.165) is 38.5 Å². The van der Waals surface area contributed by atoms with Crippen LogP contribution in [0.3, 0.4) is 0 Å². The first kappa shape index (κ1) is 85.2. The maximum atomic E-state index is 13.1. The summed E-state index contributed by atoms with van der Waals surface area (Å²) < 4.78 is 23.6. The van der Waals surface area contributed by atoms with Crippen molar-refractivity contribution in [2.45, 2.75) is 437 Å². The van der Waals surface area contributed by atoms with Crippen molar-refractivity contribution in [3.63, 3.8) is 0 Å². The molecule has 0 fully saturated rings. The van der Waals surface area contributed by atoms with Gasteiger partial charge in [-0.1, -0.05) is 392 Å². The number of nitrogens with zero attached hydrogens (tertiary/aromatic N) is 1. The number of aliphatic hydroxyl groups is 1. The molecule has 0 aromatic rings. The molecule has 3 atom stereocenters. The minimum absolute atomic E-state index is 0.0163. The Morgan fingerprint density at radius 3 is 0.907 bits per heavy atom. The maximum absolute atomic E-state index is 13.1. The van der Waals surface area contributed by atoms with E-state index in [1.807, 2.05) is 21.1 Å². The fraction of sp³-hybridized carbons (Fsp3) is 0.961. The van der Waals surface area contributed by atoms with Crippen LogP contribution in [0.5, 0.6) is 0 Å². The highest BCUT2D eigenvalue weighted by molar-refractivity contribution is 7.45. The molecule has 0 aromatic heterocycles. The zero-order valence-corrected chi connectivity index (χ0v) is 60.0. The van der Waals surface area contributed by atoms with Crippen molar-refractivity contribution in [1.82, 2.24) is 5.32 Å². The smallest absolute Gasteiger partial charge is 0.268 e. The lowest BCUT2D eigenvalue weighted by Gasteiger charge is -2.30. The molecule has 9 heteroatoms. The zero-order valence-electron chi connectivity index (χ0n) is 59.1. The van der Waals surface area contributed by atoms with Gasteiger partial charge in [0.25, 0.3) is 7.82 Å². The van der Waals surface area contributed by atoms with Gasteiger partial charge in [0.1, 0.15) is 13.2 Å². The summed E-state index contributed by atoms with van der Waals surface area (Å²) >= 11 is 0. The molecule has 2 N–H and O–H groups in total. The van der Waals surface area contributed by atoms with Gasteiger partial charge in [0.15, 0.2) is 0 Å². The Labute approximate surface area is 539 Å². The topological polar surface area (TPSA) is 108 Å². The lowest BCUT2D eigenvalue weighted by Crippen LogP contribution is -2.46. The number of phosphoric ester groups is 1. The van der Waals surface area contributed by atoms with Crippen molar-refractivity contribution in [2.75, 3.05) is 40.9 Å². The lowest BCUT2D eigenvalue weighted by molar-refractivity contribution is -0.870. The van der Waals surface area contributed by atoms with Crippen LogP contribution >= 0.6 is 7.82 Å². The number of hydrogen-bond acceptors (Lipinski definition) is 6. The van der Waals surface area contributed by atoms with Crippen LogP contribution in [0, 0.1) is 0 Å². The molecule has 0 aliphatic carbocycles. The molecule has 86 heavy (non-hydrogen) atoms. The number of quaternary nitrogens is 1. The standard InChI is InChI=1S/C77H155N2O6P/c1-6-8-10-12-14-16-18-20-22-24-26-28-30-32-34-36-37-38-39-40-41-43-45-47-49-51-53-55-57-59-61-63-65-67-69-71-77(81)78-75(74-85-86(82,83)84-73-72-79(3,4)5)76(80)70-68-66-64-62-60-58-56-54-52-50-48-46-44-42-35-33-31-29-27-25-23-21-19-17-15-13-11-9-7-2/h24,26,75-76,80H,6-23,25,27-74H2,1-5H3,(H-,78,81,82,83)/b26-24-. The molecule has 514 valence electrons.